The highest BCUT2D eigenvalue weighted by Crippen LogP contribution is 2.30. The van der Waals surface area contributed by atoms with Crippen LogP contribution in [0.25, 0.3) is 0 Å². The summed E-state index contributed by atoms with van der Waals surface area (Å²) < 4.78 is 27.2. The maximum atomic E-state index is 12.3. The highest BCUT2D eigenvalue weighted by atomic mass is 79.9. The topological polar surface area (TPSA) is 104 Å². The Labute approximate surface area is 136 Å². The van der Waals surface area contributed by atoms with Gasteiger partial charge in [0.25, 0.3) is 0 Å². The summed E-state index contributed by atoms with van der Waals surface area (Å²) in [5.74, 6) is -1.33. The monoisotopic (exact) mass is 399 g/mol. The van der Waals surface area contributed by atoms with E-state index < -0.39 is 21.5 Å². The number of sulfonamides is 1. The molecular weight excluding hydrogens is 386 g/mol. The molecule has 0 fully saturated rings. The van der Waals surface area contributed by atoms with E-state index in [0.29, 0.717) is 0 Å². The van der Waals surface area contributed by atoms with Crippen LogP contribution in [0.4, 0.5) is 0 Å². The van der Waals surface area contributed by atoms with E-state index in [1.807, 2.05) is 0 Å². The molecule has 0 saturated heterocycles. The van der Waals surface area contributed by atoms with Crippen LogP contribution < -0.4 is 4.72 Å². The van der Waals surface area contributed by atoms with E-state index >= 15 is 0 Å². The van der Waals surface area contributed by atoms with Gasteiger partial charge in [-0.25, -0.2) is 17.9 Å². The number of nitrogens with one attached hydrogen (secondary N) is 1. The summed E-state index contributed by atoms with van der Waals surface area (Å²) in [4.78, 5) is 10.9. The molecular formula is C12H15BrClNO5S. The fourth-order valence-corrected chi connectivity index (χ4v) is 3.92. The van der Waals surface area contributed by atoms with Crippen molar-refractivity contribution >= 4 is 43.5 Å². The van der Waals surface area contributed by atoms with E-state index in [4.69, 9.17) is 21.8 Å². The molecule has 118 valence electrons. The fourth-order valence-electron chi connectivity index (χ4n) is 1.63. The number of carboxylic acid groups (broad SMARTS) is 1. The molecule has 1 rings (SSSR count). The third kappa shape index (κ3) is 4.65. The van der Waals surface area contributed by atoms with Gasteiger partial charge in [-0.15, -0.1) is 0 Å². The van der Waals surface area contributed by atoms with Crippen molar-refractivity contribution in [3.63, 3.8) is 0 Å². The van der Waals surface area contributed by atoms with Crippen molar-refractivity contribution in [1.29, 1.82) is 0 Å². The Hall–Kier alpha value is -0.670. The Morgan fingerprint density at radius 2 is 2.00 bits per heavy atom. The predicted octanol–water partition coefficient (Wildman–Crippen LogP) is 2.24. The van der Waals surface area contributed by atoms with E-state index in [-0.39, 0.29) is 33.0 Å². The summed E-state index contributed by atoms with van der Waals surface area (Å²) >= 11 is 8.86. The van der Waals surface area contributed by atoms with Gasteiger partial charge in [0.05, 0.1) is 15.5 Å². The number of hydrogen-bond acceptors (Lipinski definition) is 4. The van der Waals surface area contributed by atoms with Crippen molar-refractivity contribution in [2.45, 2.75) is 30.7 Å². The molecule has 0 aliphatic carbocycles. The van der Waals surface area contributed by atoms with Crippen LogP contribution in [0.1, 0.15) is 30.6 Å². The van der Waals surface area contributed by atoms with Gasteiger partial charge in [0.15, 0.2) is 0 Å². The van der Waals surface area contributed by atoms with Gasteiger partial charge < -0.3 is 10.2 Å². The lowest BCUT2D eigenvalue weighted by molar-refractivity contribution is 0.0696. The second-order valence-electron chi connectivity index (χ2n) is 5.03. The number of benzene rings is 1. The van der Waals surface area contributed by atoms with Crippen LogP contribution in [0.15, 0.2) is 21.5 Å². The summed E-state index contributed by atoms with van der Waals surface area (Å²) in [7, 11) is -3.95. The number of rotatable bonds is 6. The van der Waals surface area contributed by atoms with Crippen LogP contribution in [0.3, 0.4) is 0 Å². The highest BCUT2D eigenvalue weighted by Gasteiger charge is 2.27. The van der Waals surface area contributed by atoms with Crippen molar-refractivity contribution in [1.82, 2.24) is 4.72 Å². The van der Waals surface area contributed by atoms with Gasteiger partial charge in [-0.05, 0) is 48.3 Å². The molecule has 0 radical (unpaired) electrons. The minimum absolute atomic E-state index is 0.0731. The van der Waals surface area contributed by atoms with E-state index in [1.165, 1.54) is 6.07 Å². The minimum atomic E-state index is -3.95. The Morgan fingerprint density at radius 1 is 1.43 bits per heavy atom. The van der Waals surface area contributed by atoms with E-state index in [0.717, 1.165) is 6.07 Å². The molecule has 1 aromatic rings. The zero-order valence-corrected chi connectivity index (χ0v) is 14.5. The maximum Gasteiger partial charge on any atom is 0.337 e. The number of halogens is 2. The number of aromatic carboxylic acids is 1. The summed E-state index contributed by atoms with van der Waals surface area (Å²) in [6.07, 6.45) is 0.215. The fraction of sp³-hybridized carbons (Fsp3) is 0.417. The molecule has 0 atom stereocenters. The van der Waals surface area contributed by atoms with Crippen LogP contribution in [-0.4, -0.2) is 36.7 Å². The first-order valence-electron chi connectivity index (χ1n) is 5.87. The van der Waals surface area contributed by atoms with Crippen LogP contribution in [-0.2, 0) is 10.0 Å². The minimum Gasteiger partial charge on any atom is -0.478 e. The van der Waals surface area contributed by atoms with E-state index in [1.54, 1.807) is 13.8 Å². The summed E-state index contributed by atoms with van der Waals surface area (Å²) in [6, 6.07) is 2.22. The first kappa shape index (κ1) is 18.4. The molecule has 0 spiro atoms. The number of aliphatic hydroxyl groups excluding tert-OH is 1. The molecule has 6 nitrogen and oxygen atoms in total. The lowest BCUT2D eigenvalue weighted by Gasteiger charge is -2.25. The van der Waals surface area contributed by atoms with Gasteiger partial charge in [0.2, 0.25) is 10.0 Å². The number of carboxylic acids is 1. The van der Waals surface area contributed by atoms with Crippen molar-refractivity contribution in [2.24, 2.45) is 0 Å². The molecule has 0 heterocycles. The molecule has 3 N–H and O–H groups in total. The van der Waals surface area contributed by atoms with Crippen LogP contribution >= 0.6 is 27.5 Å². The molecule has 0 saturated carbocycles. The van der Waals surface area contributed by atoms with Gasteiger partial charge in [-0.2, -0.15) is 0 Å². The molecule has 0 amide bonds. The lowest BCUT2D eigenvalue weighted by Crippen LogP contribution is -2.43. The highest BCUT2D eigenvalue weighted by molar-refractivity contribution is 9.10. The average molecular weight is 401 g/mol. The van der Waals surface area contributed by atoms with Gasteiger partial charge in [-0.1, -0.05) is 11.6 Å². The van der Waals surface area contributed by atoms with Gasteiger partial charge in [-0.3, -0.25) is 0 Å². The number of carbonyl (C=O) groups is 1. The van der Waals surface area contributed by atoms with Gasteiger partial charge in [0, 0.05) is 16.6 Å². The Balaban J connectivity index is 3.30. The molecule has 0 unspecified atom stereocenters. The zero-order valence-electron chi connectivity index (χ0n) is 11.4. The third-order valence-electron chi connectivity index (χ3n) is 2.69. The van der Waals surface area contributed by atoms with E-state index in [9.17, 15) is 13.2 Å². The quantitative estimate of drug-likeness (QED) is 0.679. The Morgan fingerprint density at radius 3 is 2.48 bits per heavy atom. The summed E-state index contributed by atoms with van der Waals surface area (Å²) in [5.41, 5.74) is -1.19. The van der Waals surface area contributed by atoms with Crippen LogP contribution in [0.5, 0.6) is 0 Å². The third-order valence-corrected chi connectivity index (χ3v) is 5.63. The number of hydrogen-bond donors (Lipinski definition) is 3. The lowest BCUT2D eigenvalue weighted by atomic mass is 10.0. The van der Waals surface area contributed by atoms with Crippen LogP contribution in [0.2, 0.25) is 5.02 Å². The largest absolute Gasteiger partial charge is 0.478 e. The first-order chi connectivity index (χ1) is 9.50. The van der Waals surface area contributed by atoms with Crippen molar-refractivity contribution in [2.75, 3.05) is 6.61 Å². The number of aliphatic hydroxyl groups is 1. The molecule has 0 aliphatic heterocycles. The zero-order chi connectivity index (χ0) is 16.4. The molecule has 0 aromatic heterocycles. The SMILES string of the molecule is CC(C)(CCO)NS(=O)(=O)c1cc(Br)c(Cl)c(C(=O)O)c1. The smallest absolute Gasteiger partial charge is 0.337 e. The Kier molecular flexibility index (Phi) is 5.79. The summed E-state index contributed by atoms with van der Waals surface area (Å²) in [5, 5.41) is 17.9. The first-order valence-corrected chi connectivity index (χ1v) is 8.53. The van der Waals surface area contributed by atoms with E-state index in [2.05, 4.69) is 20.7 Å². The summed E-state index contributed by atoms with van der Waals surface area (Å²) in [6.45, 7) is 3.05. The van der Waals surface area contributed by atoms with Crippen molar-refractivity contribution in [3.8, 4) is 0 Å². The predicted molar refractivity (Wildman–Crippen MR) is 82.2 cm³/mol. The van der Waals surface area contributed by atoms with Crippen molar-refractivity contribution in [3.05, 3.63) is 27.2 Å². The molecule has 0 aliphatic rings. The molecule has 0 bridgehead atoms. The van der Waals surface area contributed by atoms with Gasteiger partial charge >= 0.3 is 5.97 Å². The standard InChI is InChI=1S/C12H15BrClNO5S/c1-12(2,3-4-16)15-21(19,20)7-5-8(11(17)18)10(14)9(13)6-7/h5-6,15-16H,3-4H2,1-2H3,(H,17,18). The average Bonchev–Trinajstić information content (AvgIpc) is 2.30. The maximum absolute atomic E-state index is 12.3. The van der Waals surface area contributed by atoms with Crippen molar-refractivity contribution < 1.29 is 23.4 Å². The normalized spacial score (nSPS) is 12.4. The second kappa shape index (κ2) is 6.62. The van der Waals surface area contributed by atoms with Crippen LogP contribution in [0, 0.1) is 0 Å². The molecule has 9 heteroatoms. The molecule has 21 heavy (non-hydrogen) atoms. The molecule has 1 aromatic carbocycles. The Bertz CT molecular complexity index is 660. The van der Waals surface area contributed by atoms with Gasteiger partial charge in [0.1, 0.15) is 0 Å². The second-order valence-corrected chi connectivity index (χ2v) is 7.95.